The predicted molar refractivity (Wildman–Crippen MR) is 174 cm³/mol. The van der Waals surface area contributed by atoms with Crippen LogP contribution in [0, 0.1) is 0 Å². The van der Waals surface area contributed by atoms with Gasteiger partial charge in [0.25, 0.3) is 6.71 Å². The molecule has 0 unspecified atom stereocenters. The Labute approximate surface area is 244 Å². The molecule has 0 bridgehead atoms. The molecule has 0 fully saturated rings. The van der Waals surface area contributed by atoms with E-state index in [1.165, 1.54) is 91.0 Å². The van der Waals surface area contributed by atoms with Crippen molar-refractivity contribution in [3.63, 3.8) is 0 Å². The van der Waals surface area contributed by atoms with Crippen LogP contribution in [-0.4, -0.2) is 15.8 Å². The number of hydrogen-bond donors (Lipinski definition) is 0. The molecule has 2 nitrogen and oxygen atoms in total. The zero-order chi connectivity index (χ0) is 26.4. The molecule has 188 valence electrons. The number of hydrogen-bond acceptors (Lipinski definition) is 2. The van der Waals surface area contributed by atoms with Crippen molar-refractivity contribution in [1.82, 2.24) is 9.13 Å². The van der Waals surface area contributed by atoms with E-state index in [0.29, 0.717) is 0 Å². The lowest BCUT2D eigenvalue weighted by atomic mass is 9.35. The zero-order valence-electron chi connectivity index (χ0n) is 21.8. The van der Waals surface area contributed by atoms with Gasteiger partial charge in [0.15, 0.2) is 0 Å². The van der Waals surface area contributed by atoms with Crippen molar-refractivity contribution >= 4 is 90.2 Å². The highest BCUT2D eigenvalue weighted by atomic mass is 32.2. The van der Waals surface area contributed by atoms with Gasteiger partial charge in [-0.1, -0.05) is 84.2 Å². The highest BCUT2D eigenvalue weighted by molar-refractivity contribution is 8.01. The lowest BCUT2D eigenvalue weighted by Crippen LogP contribution is -2.61. The highest BCUT2D eigenvalue weighted by Gasteiger charge is 2.44. The minimum atomic E-state index is 0.279. The third kappa shape index (κ3) is 2.45. The number of rotatable bonds is 1. The Morgan fingerprint density at radius 2 is 1.15 bits per heavy atom. The summed E-state index contributed by atoms with van der Waals surface area (Å²) >= 11 is 3.89. The minimum absolute atomic E-state index is 0.279. The van der Waals surface area contributed by atoms with Crippen molar-refractivity contribution in [2.45, 2.75) is 19.6 Å². The summed E-state index contributed by atoms with van der Waals surface area (Å²) in [6.07, 6.45) is 0. The molecular formula is C36H19BN2S2. The molecule has 5 heterocycles. The van der Waals surface area contributed by atoms with Gasteiger partial charge in [-0.3, -0.25) is 0 Å². The average Bonchev–Trinajstić information content (AvgIpc) is 3.54. The van der Waals surface area contributed by atoms with E-state index in [0.717, 1.165) is 0 Å². The number of nitrogens with zero attached hydrogens (tertiary/aromatic N) is 2. The third-order valence-corrected chi connectivity index (χ3v) is 11.7. The molecule has 5 heteroatoms. The summed E-state index contributed by atoms with van der Waals surface area (Å²) < 4.78 is 5.07. The second-order valence-corrected chi connectivity index (χ2v) is 13.4. The van der Waals surface area contributed by atoms with Crippen LogP contribution in [0.15, 0.2) is 135 Å². The normalized spacial score (nSPS) is 14.1. The Morgan fingerprint density at radius 1 is 0.439 bits per heavy atom. The molecule has 41 heavy (non-hydrogen) atoms. The van der Waals surface area contributed by atoms with E-state index in [9.17, 15) is 0 Å². The quantitative estimate of drug-likeness (QED) is 0.193. The predicted octanol–water partition coefficient (Wildman–Crippen LogP) is 7.64. The van der Waals surface area contributed by atoms with E-state index in [4.69, 9.17) is 0 Å². The molecule has 8 aromatic rings. The number of benzene rings is 6. The summed E-state index contributed by atoms with van der Waals surface area (Å²) in [6, 6.07) is 43.0. The molecule has 0 aliphatic carbocycles. The first-order valence-electron chi connectivity index (χ1n) is 14.1. The SMILES string of the molecule is c1ccc(-n2c3ccccc3c3ccc4c(c5ccc6c7c5n4-c4cccc5c4B7c4c(cccc4S6)S5)c32)cc1. The van der Waals surface area contributed by atoms with Gasteiger partial charge >= 0.3 is 0 Å². The summed E-state index contributed by atoms with van der Waals surface area (Å²) in [5, 5.41) is 5.29. The summed E-state index contributed by atoms with van der Waals surface area (Å²) in [7, 11) is 0. The molecule has 0 atom stereocenters. The molecule has 3 aliphatic rings. The van der Waals surface area contributed by atoms with Gasteiger partial charge in [-0.2, -0.15) is 0 Å². The lowest BCUT2D eigenvalue weighted by Gasteiger charge is -2.37. The summed E-state index contributed by atoms with van der Waals surface area (Å²) in [5.74, 6) is 0. The number of aromatic nitrogens is 2. The Bertz CT molecular complexity index is 2470. The molecule has 2 aromatic heterocycles. The first-order valence-corrected chi connectivity index (χ1v) is 15.7. The van der Waals surface area contributed by atoms with E-state index >= 15 is 0 Å². The van der Waals surface area contributed by atoms with Gasteiger partial charge in [-0.05, 0) is 71.0 Å². The Morgan fingerprint density at radius 3 is 2.00 bits per heavy atom. The van der Waals surface area contributed by atoms with Gasteiger partial charge in [0.05, 0.1) is 22.1 Å². The summed E-state index contributed by atoms with van der Waals surface area (Å²) in [6.45, 7) is 0.279. The van der Waals surface area contributed by atoms with Crippen molar-refractivity contribution in [3.05, 3.63) is 115 Å². The van der Waals surface area contributed by atoms with E-state index in [1.807, 2.05) is 23.5 Å². The zero-order valence-corrected chi connectivity index (χ0v) is 23.4. The van der Waals surface area contributed by atoms with Crippen LogP contribution >= 0.6 is 23.5 Å². The van der Waals surface area contributed by atoms with Crippen LogP contribution in [0.2, 0.25) is 0 Å². The summed E-state index contributed by atoms with van der Waals surface area (Å²) in [4.78, 5) is 5.59. The molecule has 6 aromatic carbocycles. The fourth-order valence-corrected chi connectivity index (χ4v) is 10.3. The smallest absolute Gasteiger partial charge is 0.252 e. The van der Waals surface area contributed by atoms with E-state index in [1.54, 1.807) is 0 Å². The van der Waals surface area contributed by atoms with Gasteiger partial charge in [0.1, 0.15) is 0 Å². The van der Waals surface area contributed by atoms with Gasteiger partial charge in [0, 0.05) is 52.5 Å². The number of fused-ring (bicyclic) bond motifs is 8. The third-order valence-electron chi connectivity index (χ3n) is 9.36. The van der Waals surface area contributed by atoms with Crippen LogP contribution in [0.4, 0.5) is 0 Å². The second kappa shape index (κ2) is 7.30. The maximum absolute atomic E-state index is 2.59. The van der Waals surface area contributed by atoms with E-state index < -0.39 is 0 Å². The largest absolute Gasteiger partial charge is 0.310 e. The van der Waals surface area contributed by atoms with Crippen molar-refractivity contribution in [2.75, 3.05) is 0 Å². The van der Waals surface area contributed by atoms with Crippen molar-refractivity contribution in [2.24, 2.45) is 0 Å². The van der Waals surface area contributed by atoms with Crippen LogP contribution in [0.1, 0.15) is 0 Å². The topological polar surface area (TPSA) is 9.86 Å². The molecule has 11 rings (SSSR count). The average molecular weight is 555 g/mol. The van der Waals surface area contributed by atoms with Crippen LogP contribution in [-0.2, 0) is 0 Å². The molecule has 0 saturated heterocycles. The maximum Gasteiger partial charge on any atom is 0.252 e. The minimum Gasteiger partial charge on any atom is -0.310 e. The fourth-order valence-electron chi connectivity index (χ4n) is 7.88. The van der Waals surface area contributed by atoms with Gasteiger partial charge < -0.3 is 9.13 Å². The Hall–Kier alpha value is -4.32. The van der Waals surface area contributed by atoms with Crippen LogP contribution < -0.4 is 16.4 Å². The monoisotopic (exact) mass is 554 g/mol. The van der Waals surface area contributed by atoms with Crippen LogP contribution in [0.25, 0.3) is 55.0 Å². The highest BCUT2D eigenvalue weighted by Crippen LogP contribution is 2.47. The van der Waals surface area contributed by atoms with Crippen molar-refractivity contribution in [3.8, 4) is 11.4 Å². The van der Waals surface area contributed by atoms with Crippen LogP contribution in [0.5, 0.6) is 0 Å². The van der Waals surface area contributed by atoms with E-state index in [-0.39, 0.29) is 6.71 Å². The van der Waals surface area contributed by atoms with Gasteiger partial charge in [0.2, 0.25) is 0 Å². The van der Waals surface area contributed by atoms with Gasteiger partial charge in [-0.25, -0.2) is 0 Å². The molecule has 0 saturated carbocycles. The molecular weight excluding hydrogens is 535 g/mol. The molecule has 0 radical (unpaired) electrons. The molecule has 3 aliphatic heterocycles. The number of para-hydroxylation sites is 2. The van der Waals surface area contributed by atoms with E-state index in [2.05, 4.69) is 124 Å². The molecule has 0 amide bonds. The second-order valence-electron chi connectivity index (χ2n) is 11.2. The Balaban J connectivity index is 1.40. The van der Waals surface area contributed by atoms with Crippen molar-refractivity contribution in [1.29, 1.82) is 0 Å². The fraction of sp³-hybridized carbons (Fsp3) is 0. The maximum atomic E-state index is 2.59. The summed E-state index contributed by atoms with van der Waals surface area (Å²) in [5.41, 5.74) is 12.2. The standard InChI is InChI=1S/C36H19BN2S2/c1-2-8-20(9-3-1)38-24-11-5-4-10-21(24)22-16-18-25-31(35(22)38)23-17-19-30-34-36(23)39(25)26-12-6-13-27-32(26)37(34)33-28(40-27)14-7-15-29(33)41-30/h1-19H. The first kappa shape index (κ1) is 21.4. The molecule has 0 spiro atoms. The Kier molecular flexibility index (Phi) is 3.82. The first-order chi connectivity index (χ1) is 20.4. The molecule has 0 N–H and O–H groups in total. The lowest BCUT2D eigenvalue weighted by molar-refractivity contribution is 1.16. The van der Waals surface area contributed by atoms with Gasteiger partial charge in [-0.15, -0.1) is 0 Å². The van der Waals surface area contributed by atoms with Crippen molar-refractivity contribution < 1.29 is 0 Å². The van der Waals surface area contributed by atoms with Crippen LogP contribution in [0.3, 0.4) is 0 Å².